The summed E-state index contributed by atoms with van der Waals surface area (Å²) in [5, 5.41) is 4.41. The van der Waals surface area contributed by atoms with E-state index in [1.807, 2.05) is 6.07 Å². The molecule has 1 aliphatic heterocycles. The van der Waals surface area contributed by atoms with E-state index in [-0.39, 0.29) is 0 Å². The van der Waals surface area contributed by atoms with Crippen molar-refractivity contribution in [3.05, 3.63) is 33.8 Å². The van der Waals surface area contributed by atoms with Crippen LogP contribution in [0.4, 0.5) is 5.82 Å². The van der Waals surface area contributed by atoms with Crippen LogP contribution in [0.1, 0.15) is 34.6 Å². The summed E-state index contributed by atoms with van der Waals surface area (Å²) in [4.78, 5) is 11.9. The van der Waals surface area contributed by atoms with E-state index in [4.69, 9.17) is 0 Å². The van der Waals surface area contributed by atoms with E-state index in [9.17, 15) is 8.42 Å². The third-order valence-corrected chi connectivity index (χ3v) is 9.51. The molecule has 9 heteroatoms. The Hall–Kier alpha value is -1.55. The van der Waals surface area contributed by atoms with Gasteiger partial charge in [-0.15, -0.1) is 22.7 Å². The molecule has 0 unspecified atom stereocenters. The lowest BCUT2D eigenvalue weighted by atomic mass is 10.2. The molecule has 1 N–H and O–H groups in total. The third-order valence-electron chi connectivity index (χ3n) is 4.94. The van der Waals surface area contributed by atoms with Crippen LogP contribution < -0.4 is 5.32 Å². The maximum Gasteiger partial charge on any atom is 0.252 e. The second-order valence-corrected chi connectivity index (χ2v) is 11.3. The number of thiophene rings is 2. The lowest BCUT2D eigenvalue weighted by Gasteiger charge is -2.25. The molecule has 1 aliphatic rings. The molecule has 0 bridgehead atoms. The number of hydrogen-bond donors (Lipinski definition) is 1. The van der Waals surface area contributed by atoms with Crippen molar-refractivity contribution in [1.29, 1.82) is 0 Å². The summed E-state index contributed by atoms with van der Waals surface area (Å²) < 4.78 is 27.6. The molecule has 0 radical (unpaired) electrons. The number of rotatable bonds is 5. The SMILES string of the molecule is Cc1sc2ncnc(NCc3ccc(S(=O)(=O)N4CCCCC4)s3)c2c1C. The first-order valence-electron chi connectivity index (χ1n) is 9.00. The molecule has 0 aliphatic carbocycles. The fraction of sp³-hybridized carbons (Fsp3) is 0.444. The summed E-state index contributed by atoms with van der Waals surface area (Å²) >= 11 is 3.00. The molecule has 4 rings (SSSR count). The van der Waals surface area contributed by atoms with E-state index >= 15 is 0 Å². The van der Waals surface area contributed by atoms with Crippen molar-refractivity contribution < 1.29 is 8.42 Å². The molecular weight excluding hydrogens is 400 g/mol. The van der Waals surface area contributed by atoms with Crippen LogP contribution in [-0.2, 0) is 16.6 Å². The molecule has 0 aromatic carbocycles. The number of anilines is 1. The molecule has 0 spiro atoms. The van der Waals surface area contributed by atoms with E-state index in [0.717, 1.165) is 40.2 Å². The van der Waals surface area contributed by atoms with Crippen molar-refractivity contribution in [1.82, 2.24) is 14.3 Å². The first-order valence-corrected chi connectivity index (χ1v) is 12.1. The predicted octanol–water partition coefficient (Wildman–Crippen LogP) is 4.16. The standard InChI is InChI=1S/C18H22N4O2S3/c1-12-13(2)25-18-16(12)17(20-11-21-18)19-10-14-6-7-15(26-14)27(23,24)22-8-4-3-5-9-22/h6-7,11H,3-5,8-10H2,1-2H3,(H,19,20,21). The second-order valence-electron chi connectivity index (χ2n) is 6.72. The van der Waals surface area contributed by atoms with Gasteiger partial charge in [0.1, 0.15) is 21.2 Å². The van der Waals surface area contributed by atoms with Crippen LogP contribution in [0.15, 0.2) is 22.7 Å². The van der Waals surface area contributed by atoms with Crippen LogP contribution in [0.2, 0.25) is 0 Å². The van der Waals surface area contributed by atoms with Gasteiger partial charge in [0.05, 0.1) is 11.9 Å². The molecule has 0 amide bonds. The minimum absolute atomic E-state index is 0.427. The number of piperidine rings is 1. The lowest BCUT2D eigenvalue weighted by Crippen LogP contribution is -2.35. The molecule has 1 saturated heterocycles. The zero-order valence-electron chi connectivity index (χ0n) is 15.4. The summed E-state index contributed by atoms with van der Waals surface area (Å²) in [5.74, 6) is 0.802. The molecule has 1 fully saturated rings. The van der Waals surface area contributed by atoms with E-state index in [0.29, 0.717) is 23.8 Å². The quantitative estimate of drug-likeness (QED) is 0.668. The second kappa shape index (κ2) is 7.46. The van der Waals surface area contributed by atoms with Gasteiger partial charge in [-0.1, -0.05) is 6.42 Å². The molecule has 0 atom stereocenters. The molecule has 3 aromatic rings. The summed E-state index contributed by atoms with van der Waals surface area (Å²) in [6.07, 6.45) is 4.57. The van der Waals surface area contributed by atoms with Crippen LogP contribution in [0, 0.1) is 13.8 Å². The maximum absolute atomic E-state index is 12.8. The fourth-order valence-electron chi connectivity index (χ4n) is 3.31. The van der Waals surface area contributed by atoms with Crippen LogP contribution >= 0.6 is 22.7 Å². The topological polar surface area (TPSA) is 75.2 Å². The van der Waals surface area contributed by atoms with Gasteiger partial charge in [-0.3, -0.25) is 0 Å². The van der Waals surface area contributed by atoms with Gasteiger partial charge in [0.25, 0.3) is 10.0 Å². The zero-order chi connectivity index (χ0) is 19.0. The fourth-order valence-corrected chi connectivity index (χ4v) is 7.28. The van der Waals surface area contributed by atoms with Crippen LogP contribution in [0.3, 0.4) is 0 Å². The number of fused-ring (bicyclic) bond motifs is 1. The van der Waals surface area contributed by atoms with Crippen LogP contribution in [0.25, 0.3) is 10.2 Å². The van der Waals surface area contributed by atoms with Crippen molar-refractivity contribution in [3.63, 3.8) is 0 Å². The number of nitrogens with zero attached hydrogens (tertiary/aromatic N) is 3. The summed E-state index contributed by atoms with van der Waals surface area (Å²) in [5.41, 5.74) is 1.19. The first-order chi connectivity index (χ1) is 13.0. The maximum atomic E-state index is 12.8. The molecule has 27 heavy (non-hydrogen) atoms. The Labute approximate surface area is 167 Å². The number of aromatic nitrogens is 2. The lowest BCUT2D eigenvalue weighted by molar-refractivity contribution is 0.347. The predicted molar refractivity (Wildman–Crippen MR) is 111 cm³/mol. The highest BCUT2D eigenvalue weighted by Gasteiger charge is 2.27. The largest absolute Gasteiger partial charge is 0.365 e. The Balaban J connectivity index is 1.52. The van der Waals surface area contributed by atoms with Crippen molar-refractivity contribution >= 4 is 48.7 Å². The van der Waals surface area contributed by atoms with Gasteiger partial charge < -0.3 is 5.32 Å². The zero-order valence-corrected chi connectivity index (χ0v) is 17.8. The normalized spacial score (nSPS) is 16.1. The number of sulfonamides is 1. The molecule has 6 nitrogen and oxygen atoms in total. The first kappa shape index (κ1) is 18.8. The highest BCUT2D eigenvalue weighted by atomic mass is 32.2. The van der Waals surface area contributed by atoms with Crippen molar-refractivity contribution in [2.45, 2.75) is 43.9 Å². The Kier molecular flexibility index (Phi) is 5.19. The average molecular weight is 423 g/mol. The molecule has 144 valence electrons. The Morgan fingerprint density at radius 3 is 2.67 bits per heavy atom. The van der Waals surface area contributed by atoms with Crippen molar-refractivity contribution in [3.8, 4) is 0 Å². The van der Waals surface area contributed by atoms with Crippen LogP contribution in [-0.4, -0.2) is 35.8 Å². The smallest absolute Gasteiger partial charge is 0.252 e. The highest BCUT2D eigenvalue weighted by Crippen LogP contribution is 2.33. The van der Waals surface area contributed by atoms with E-state index in [1.165, 1.54) is 21.8 Å². The minimum atomic E-state index is -3.36. The van der Waals surface area contributed by atoms with Gasteiger partial charge in [0, 0.05) is 22.8 Å². The molecule has 0 saturated carbocycles. The van der Waals surface area contributed by atoms with Gasteiger partial charge >= 0.3 is 0 Å². The van der Waals surface area contributed by atoms with Crippen LogP contribution in [0.5, 0.6) is 0 Å². The van der Waals surface area contributed by atoms with E-state index < -0.39 is 10.0 Å². The molecule has 3 aromatic heterocycles. The highest BCUT2D eigenvalue weighted by molar-refractivity contribution is 7.91. The number of nitrogens with one attached hydrogen (secondary N) is 1. The van der Waals surface area contributed by atoms with Gasteiger partial charge in [0.15, 0.2) is 0 Å². The summed E-state index contributed by atoms with van der Waals surface area (Å²) in [6, 6.07) is 3.61. The van der Waals surface area contributed by atoms with Gasteiger partial charge in [0.2, 0.25) is 0 Å². The Morgan fingerprint density at radius 2 is 1.89 bits per heavy atom. The third kappa shape index (κ3) is 3.61. The van der Waals surface area contributed by atoms with Crippen molar-refractivity contribution in [2.75, 3.05) is 18.4 Å². The monoisotopic (exact) mass is 422 g/mol. The van der Waals surface area contributed by atoms with E-state index in [1.54, 1.807) is 28.0 Å². The van der Waals surface area contributed by atoms with E-state index in [2.05, 4.69) is 29.1 Å². The molecule has 4 heterocycles. The number of aryl methyl sites for hydroxylation is 2. The summed E-state index contributed by atoms with van der Waals surface area (Å²) in [6.45, 7) is 5.97. The molecular formula is C18H22N4O2S3. The van der Waals surface area contributed by atoms with Crippen molar-refractivity contribution in [2.24, 2.45) is 0 Å². The summed E-state index contributed by atoms with van der Waals surface area (Å²) in [7, 11) is -3.36. The average Bonchev–Trinajstić information content (AvgIpc) is 3.27. The number of hydrogen-bond acceptors (Lipinski definition) is 7. The van der Waals surface area contributed by atoms with Gasteiger partial charge in [-0.2, -0.15) is 4.31 Å². The van der Waals surface area contributed by atoms with Gasteiger partial charge in [-0.05, 0) is 44.4 Å². The Bertz CT molecular complexity index is 1070. The Morgan fingerprint density at radius 1 is 1.11 bits per heavy atom. The van der Waals surface area contributed by atoms with Gasteiger partial charge in [-0.25, -0.2) is 18.4 Å². The minimum Gasteiger partial charge on any atom is -0.365 e.